The fourth-order valence-electron chi connectivity index (χ4n) is 1.53. The van der Waals surface area contributed by atoms with Gasteiger partial charge in [0.1, 0.15) is 12.1 Å². The number of nitrogens with one attached hydrogen (secondary N) is 1. The number of carbonyl (C=O) groups is 1. The number of benzene rings is 1. The van der Waals surface area contributed by atoms with Crippen LogP contribution in [0.2, 0.25) is 0 Å². The summed E-state index contributed by atoms with van der Waals surface area (Å²) in [6.45, 7) is 0.711. The van der Waals surface area contributed by atoms with Crippen LogP contribution in [0.15, 0.2) is 42.9 Å². The molecule has 0 unspecified atom stereocenters. The zero-order valence-corrected chi connectivity index (χ0v) is 11.0. The number of rotatable bonds is 6. The van der Waals surface area contributed by atoms with Gasteiger partial charge in [-0.05, 0) is 30.3 Å². The number of nitrogens with two attached hydrogens (primary N) is 1. The normalized spacial score (nSPS) is 10.0. The molecule has 0 fully saturated rings. The van der Waals surface area contributed by atoms with E-state index in [0.717, 1.165) is 5.69 Å². The summed E-state index contributed by atoms with van der Waals surface area (Å²) in [5, 5.41) is 2.77. The van der Waals surface area contributed by atoms with Crippen LogP contribution in [-0.2, 0) is 11.3 Å². The highest BCUT2D eigenvalue weighted by Crippen LogP contribution is 2.13. The summed E-state index contributed by atoms with van der Waals surface area (Å²) >= 11 is 0. The molecule has 0 radical (unpaired) electrons. The molecule has 0 bridgehead atoms. The molecule has 0 atom stereocenters. The van der Waals surface area contributed by atoms with E-state index in [1.807, 2.05) is 0 Å². The summed E-state index contributed by atoms with van der Waals surface area (Å²) in [5.41, 5.74) is 7.02. The molecule has 20 heavy (non-hydrogen) atoms. The molecule has 1 aromatic heterocycles. The number of hydrogen-bond donors (Lipinski definition) is 2. The molecule has 1 heterocycles. The Morgan fingerprint density at radius 3 is 2.75 bits per heavy atom. The van der Waals surface area contributed by atoms with Crippen LogP contribution < -0.4 is 15.8 Å². The van der Waals surface area contributed by atoms with Crippen LogP contribution in [0.1, 0.15) is 12.1 Å². The van der Waals surface area contributed by atoms with Gasteiger partial charge in [-0.1, -0.05) is 0 Å². The molecule has 0 aliphatic heterocycles. The van der Waals surface area contributed by atoms with Crippen LogP contribution in [0.25, 0.3) is 0 Å². The second-order valence-electron chi connectivity index (χ2n) is 4.14. The van der Waals surface area contributed by atoms with Gasteiger partial charge in [0, 0.05) is 11.9 Å². The van der Waals surface area contributed by atoms with E-state index in [1.54, 1.807) is 36.5 Å². The molecule has 6 heteroatoms. The van der Waals surface area contributed by atoms with Crippen LogP contribution in [0, 0.1) is 0 Å². The number of aromatic nitrogens is 2. The largest absolute Gasteiger partial charge is 0.493 e. The Bertz CT molecular complexity index is 543. The molecule has 0 saturated carbocycles. The highest BCUT2D eigenvalue weighted by molar-refractivity contribution is 5.75. The summed E-state index contributed by atoms with van der Waals surface area (Å²) in [7, 11) is 0. The second kappa shape index (κ2) is 7.08. The SMILES string of the molecule is Nc1ccc(OCCC(=O)NCc2ccncn2)cc1. The van der Waals surface area contributed by atoms with E-state index >= 15 is 0 Å². The first-order valence-electron chi connectivity index (χ1n) is 6.24. The van der Waals surface area contributed by atoms with Gasteiger partial charge in [0.15, 0.2) is 0 Å². The van der Waals surface area contributed by atoms with E-state index in [4.69, 9.17) is 10.5 Å². The molecule has 2 rings (SSSR count). The van der Waals surface area contributed by atoms with Gasteiger partial charge >= 0.3 is 0 Å². The van der Waals surface area contributed by atoms with E-state index in [0.29, 0.717) is 24.6 Å². The van der Waals surface area contributed by atoms with E-state index in [1.165, 1.54) is 6.33 Å². The van der Waals surface area contributed by atoms with Crippen LogP contribution in [0.3, 0.4) is 0 Å². The van der Waals surface area contributed by atoms with Crippen LogP contribution in [-0.4, -0.2) is 22.5 Å². The van der Waals surface area contributed by atoms with Crippen molar-refractivity contribution in [1.29, 1.82) is 0 Å². The molecule has 6 nitrogen and oxygen atoms in total. The lowest BCUT2D eigenvalue weighted by Crippen LogP contribution is -2.24. The molecule has 3 N–H and O–H groups in total. The van der Waals surface area contributed by atoms with Crippen molar-refractivity contribution in [3.63, 3.8) is 0 Å². The first kappa shape index (κ1) is 13.8. The Hall–Kier alpha value is -2.63. The number of nitrogens with zero attached hydrogens (tertiary/aromatic N) is 2. The first-order chi connectivity index (χ1) is 9.74. The molecular weight excluding hydrogens is 256 g/mol. The number of amides is 1. The molecule has 0 spiro atoms. The minimum atomic E-state index is -0.0842. The maximum atomic E-state index is 11.6. The van der Waals surface area contributed by atoms with Crippen LogP contribution in [0.4, 0.5) is 5.69 Å². The minimum absolute atomic E-state index is 0.0842. The van der Waals surface area contributed by atoms with Crippen LogP contribution >= 0.6 is 0 Å². The van der Waals surface area contributed by atoms with Gasteiger partial charge in [0.2, 0.25) is 5.91 Å². The second-order valence-corrected chi connectivity index (χ2v) is 4.14. The van der Waals surface area contributed by atoms with E-state index in [-0.39, 0.29) is 12.3 Å². The third-order valence-electron chi connectivity index (χ3n) is 2.59. The molecule has 0 aliphatic carbocycles. The van der Waals surface area contributed by atoms with Crippen molar-refractivity contribution in [3.8, 4) is 5.75 Å². The molecule has 1 amide bonds. The highest BCUT2D eigenvalue weighted by Gasteiger charge is 2.02. The smallest absolute Gasteiger partial charge is 0.223 e. The highest BCUT2D eigenvalue weighted by atomic mass is 16.5. The topological polar surface area (TPSA) is 90.1 Å². The van der Waals surface area contributed by atoms with Gasteiger partial charge in [0.05, 0.1) is 25.3 Å². The Morgan fingerprint density at radius 2 is 2.05 bits per heavy atom. The summed E-state index contributed by atoms with van der Waals surface area (Å²) < 4.78 is 5.44. The quantitative estimate of drug-likeness (QED) is 0.770. The predicted octanol–water partition coefficient (Wildman–Crippen LogP) is 1.14. The summed E-state index contributed by atoms with van der Waals surface area (Å²) in [4.78, 5) is 19.4. The van der Waals surface area contributed by atoms with Gasteiger partial charge in [-0.25, -0.2) is 9.97 Å². The standard InChI is InChI=1S/C14H16N4O2/c15-11-1-3-13(4-2-11)20-8-6-14(19)17-9-12-5-7-16-10-18-12/h1-5,7,10H,6,8-9,15H2,(H,17,19). The number of anilines is 1. The van der Waals surface area contributed by atoms with Gasteiger partial charge in [-0.15, -0.1) is 0 Å². The third kappa shape index (κ3) is 4.56. The number of hydrogen-bond acceptors (Lipinski definition) is 5. The van der Waals surface area contributed by atoms with Crippen molar-refractivity contribution in [2.24, 2.45) is 0 Å². The third-order valence-corrected chi connectivity index (χ3v) is 2.59. The fourth-order valence-corrected chi connectivity index (χ4v) is 1.53. The predicted molar refractivity (Wildman–Crippen MR) is 74.8 cm³/mol. The average Bonchev–Trinajstić information content (AvgIpc) is 2.48. The van der Waals surface area contributed by atoms with Crippen molar-refractivity contribution >= 4 is 11.6 Å². The van der Waals surface area contributed by atoms with E-state index in [9.17, 15) is 4.79 Å². The summed E-state index contributed by atoms with van der Waals surface area (Å²) in [6.07, 6.45) is 3.37. The van der Waals surface area contributed by atoms with Crippen molar-refractivity contribution < 1.29 is 9.53 Å². The Balaban J connectivity index is 1.66. The maximum Gasteiger partial charge on any atom is 0.223 e. The average molecular weight is 272 g/mol. The van der Waals surface area contributed by atoms with E-state index < -0.39 is 0 Å². The lowest BCUT2D eigenvalue weighted by atomic mass is 10.3. The van der Waals surface area contributed by atoms with Gasteiger partial charge < -0.3 is 15.8 Å². The first-order valence-corrected chi connectivity index (χ1v) is 6.24. The lowest BCUT2D eigenvalue weighted by Gasteiger charge is -2.07. The van der Waals surface area contributed by atoms with Crippen molar-refractivity contribution in [2.75, 3.05) is 12.3 Å². The Kier molecular flexibility index (Phi) is 4.88. The molecule has 0 saturated heterocycles. The summed E-state index contributed by atoms with van der Waals surface area (Å²) in [5.74, 6) is 0.613. The van der Waals surface area contributed by atoms with E-state index in [2.05, 4.69) is 15.3 Å². The lowest BCUT2D eigenvalue weighted by molar-refractivity contribution is -0.121. The molecule has 0 aliphatic rings. The number of carbonyl (C=O) groups excluding carboxylic acids is 1. The van der Waals surface area contributed by atoms with Crippen molar-refractivity contribution in [1.82, 2.24) is 15.3 Å². The van der Waals surface area contributed by atoms with Crippen molar-refractivity contribution in [2.45, 2.75) is 13.0 Å². The molecule has 2 aromatic rings. The molecular formula is C14H16N4O2. The fraction of sp³-hybridized carbons (Fsp3) is 0.214. The Morgan fingerprint density at radius 1 is 1.25 bits per heavy atom. The zero-order valence-electron chi connectivity index (χ0n) is 11.0. The number of nitrogen functional groups attached to an aromatic ring is 1. The zero-order chi connectivity index (χ0) is 14.2. The molecule has 104 valence electrons. The Labute approximate surface area is 117 Å². The van der Waals surface area contributed by atoms with Gasteiger partial charge in [-0.3, -0.25) is 4.79 Å². The summed E-state index contributed by atoms with van der Waals surface area (Å²) in [6, 6.07) is 8.81. The van der Waals surface area contributed by atoms with Gasteiger partial charge in [-0.2, -0.15) is 0 Å². The maximum absolute atomic E-state index is 11.6. The van der Waals surface area contributed by atoms with Crippen molar-refractivity contribution in [3.05, 3.63) is 48.5 Å². The molecule has 1 aromatic carbocycles. The minimum Gasteiger partial charge on any atom is -0.493 e. The van der Waals surface area contributed by atoms with Crippen LogP contribution in [0.5, 0.6) is 5.75 Å². The monoisotopic (exact) mass is 272 g/mol. The number of ether oxygens (including phenoxy) is 1. The van der Waals surface area contributed by atoms with Gasteiger partial charge in [0.25, 0.3) is 0 Å².